The number of hydrogen-bond donors (Lipinski definition) is 0. The van der Waals surface area contributed by atoms with Crippen molar-refractivity contribution < 1.29 is 14.3 Å². The molecular formula is C20H22N4O3S. The normalized spacial score (nSPS) is 14.5. The lowest BCUT2D eigenvalue weighted by Crippen LogP contribution is -2.38. The second-order valence-corrected chi connectivity index (χ2v) is 7.78. The highest BCUT2D eigenvalue weighted by atomic mass is 32.1. The number of hydrogen-bond acceptors (Lipinski definition) is 6. The third-order valence-corrected chi connectivity index (χ3v) is 5.58. The summed E-state index contributed by atoms with van der Waals surface area (Å²) >= 11 is 1.42. The molecule has 3 heterocycles. The Labute approximate surface area is 167 Å². The average molecular weight is 398 g/mol. The molecule has 0 spiro atoms. The van der Waals surface area contributed by atoms with Crippen molar-refractivity contribution in [3.63, 3.8) is 0 Å². The molecule has 0 bridgehead atoms. The average Bonchev–Trinajstić information content (AvgIpc) is 3.43. The van der Waals surface area contributed by atoms with Gasteiger partial charge in [0.1, 0.15) is 4.88 Å². The summed E-state index contributed by atoms with van der Waals surface area (Å²) < 4.78 is 13.0. The van der Waals surface area contributed by atoms with Crippen LogP contribution in [0.4, 0.5) is 0 Å². The van der Waals surface area contributed by atoms with Crippen LogP contribution >= 0.6 is 11.3 Å². The van der Waals surface area contributed by atoms with Crippen molar-refractivity contribution in [2.24, 2.45) is 0 Å². The van der Waals surface area contributed by atoms with Gasteiger partial charge in [0.05, 0.1) is 48.4 Å². The van der Waals surface area contributed by atoms with Gasteiger partial charge in [-0.05, 0) is 32.0 Å². The summed E-state index contributed by atoms with van der Waals surface area (Å²) in [6, 6.07) is 11.8. The number of rotatable bonds is 6. The standard InChI is InChI=1S/C20H22N4O3S/c1-14-19(28-15(2)22-14)20(25)23(13-18-26-10-11-27-18)12-17-8-9-21-24(17)16-6-4-3-5-7-16/h3-9,18H,10-13H2,1-2H3. The molecule has 2 aromatic heterocycles. The molecule has 7 nitrogen and oxygen atoms in total. The number of carbonyl (C=O) groups is 1. The Morgan fingerprint density at radius 1 is 1.21 bits per heavy atom. The van der Waals surface area contributed by atoms with Gasteiger partial charge in [-0.15, -0.1) is 11.3 Å². The molecule has 1 fully saturated rings. The highest BCUT2D eigenvalue weighted by molar-refractivity contribution is 7.13. The Kier molecular flexibility index (Phi) is 5.52. The number of benzene rings is 1. The molecule has 0 aliphatic carbocycles. The molecule has 0 radical (unpaired) electrons. The highest BCUT2D eigenvalue weighted by Crippen LogP contribution is 2.22. The minimum absolute atomic E-state index is 0.0667. The number of carbonyl (C=O) groups excluding carboxylic acids is 1. The van der Waals surface area contributed by atoms with Crippen LogP contribution in [0.3, 0.4) is 0 Å². The Bertz CT molecular complexity index is 948. The summed E-state index contributed by atoms with van der Waals surface area (Å²) in [5.74, 6) is -0.0667. The second kappa shape index (κ2) is 8.22. The molecule has 1 aromatic carbocycles. The fraction of sp³-hybridized carbons (Fsp3) is 0.350. The van der Waals surface area contributed by atoms with Crippen LogP contribution < -0.4 is 0 Å². The number of aryl methyl sites for hydroxylation is 2. The van der Waals surface area contributed by atoms with E-state index in [-0.39, 0.29) is 5.91 Å². The van der Waals surface area contributed by atoms with Gasteiger partial charge in [-0.25, -0.2) is 9.67 Å². The number of aromatic nitrogens is 3. The first-order valence-corrected chi connectivity index (χ1v) is 9.98. The maximum absolute atomic E-state index is 13.3. The van der Waals surface area contributed by atoms with Gasteiger partial charge in [0.2, 0.25) is 0 Å². The lowest BCUT2D eigenvalue weighted by Gasteiger charge is -2.25. The van der Waals surface area contributed by atoms with Crippen molar-refractivity contribution in [1.29, 1.82) is 0 Å². The fourth-order valence-corrected chi connectivity index (χ4v) is 4.12. The van der Waals surface area contributed by atoms with Crippen LogP contribution in [0.25, 0.3) is 5.69 Å². The van der Waals surface area contributed by atoms with Crippen molar-refractivity contribution in [3.05, 3.63) is 63.9 Å². The van der Waals surface area contributed by atoms with Crippen LogP contribution in [0.5, 0.6) is 0 Å². The molecule has 146 valence electrons. The number of ether oxygens (including phenoxy) is 2. The molecule has 0 atom stereocenters. The summed E-state index contributed by atoms with van der Waals surface area (Å²) in [4.78, 5) is 20.1. The molecule has 28 heavy (non-hydrogen) atoms. The van der Waals surface area contributed by atoms with Gasteiger partial charge in [0.25, 0.3) is 5.91 Å². The molecule has 1 aliphatic heterocycles. The Morgan fingerprint density at radius 2 is 1.96 bits per heavy atom. The molecule has 1 aliphatic rings. The van der Waals surface area contributed by atoms with Crippen LogP contribution in [-0.4, -0.2) is 51.6 Å². The molecule has 3 aromatic rings. The molecule has 0 unspecified atom stereocenters. The van der Waals surface area contributed by atoms with E-state index in [2.05, 4.69) is 10.1 Å². The van der Waals surface area contributed by atoms with Crippen LogP contribution in [-0.2, 0) is 16.0 Å². The summed E-state index contributed by atoms with van der Waals surface area (Å²) in [6.45, 7) is 5.63. The van der Waals surface area contributed by atoms with Gasteiger partial charge in [-0.1, -0.05) is 18.2 Å². The van der Waals surface area contributed by atoms with E-state index in [4.69, 9.17) is 9.47 Å². The summed E-state index contributed by atoms with van der Waals surface area (Å²) in [5, 5.41) is 5.31. The van der Waals surface area contributed by atoms with Crippen LogP contribution in [0.1, 0.15) is 26.1 Å². The minimum Gasteiger partial charge on any atom is -0.348 e. The van der Waals surface area contributed by atoms with E-state index in [1.807, 2.05) is 54.9 Å². The monoisotopic (exact) mass is 398 g/mol. The van der Waals surface area contributed by atoms with E-state index >= 15 is 0 Å². The molecule has 4 rings (SSSR count). The summed E-state index contributed by atoms with van der Waals surface area (Å²) in [6.07, 6.45) is 1.33. The Morgan fingerprint density at radius 3 is 2.64 bits per heavy atom. The Hall–Kier alpha value is -2.55. The van der Waals surface area contributed by atoms with Gasteiger partial charge in [0, 0.05) is 6.20 Å². The zero-order valence-electron chi connectivity index (χ0n) is 15.9. The predicted molar refractivity (Wildman–Crippen MR) is 106 cm³/mol. The zero-order chi connectivity index (χ0) is 19.5. The smallest absolute Gasteiger partial charge is 0.266 e. The number of nitrogens with zero attached hydrogens (tertiary/aromatic N) is 4. The second-order valence-electron chi connectivity index (χ2n) is 6.57. The molecule has 1 amide bonds. The van der Waals surface area contributed by atoms with Gasteiger partial charge in [-0.3, -0.25) is 4.79 Å². The van der Waals surface area contributed by atoms with Crippen molar-refractivity contribution in [2.75, 3.05) is 19.8 Å². The van der Waals surface area contributed by atoms with E-state index in [0.717, 1.165) is 22.1 Å². The van der Waals surface area contributed by atoms with E-state index in [1.54, 1.807) is 11.1 Å². The lowest BCUT2D eigenvalue weighted by atomic mass is 10.2. The predicted octanol–water partition coefficient (Wildman–Crippen LogP) is 2.96. The van der Waals surface area contributed by atoms with Gasteiger partial charge >= 0.3 is 0 Å². The largest absolute Gasteiger partial charge is 0.348 e. The maximum atomic E-state index is 13.3. The number of para-hydroxylation sites is 1. The molecule has 8 heteroatoms. The topological polar surface area (TPSA) is 69.5 Å². The van der Waals surface area contributed by atoms with Crippen LogP contribution in [0, 0.1) is 13.8 Å². The van der Waals surface area contributed by atoms with Crippen molar-refractivity contribution >= 4 is 17.2 Å². The van der Waals surface area contributed by atoms with E-state index in [1.165, 1.54) is 11.3 Å². The SMILES string of the molecule is Cc1nc(C)c(C(=O)N(Cc2ccnn2-c2ccccc2)CC2OCCO2)s1. The third-order valence-electron chi connectivity index (χ3n) is 4.52. The number of amides is 1. The van der Waals surface area contributed by atoms with Gasteiger partial charge in [-0.2, -0.15) is 5.10 Å². The summed E-state index contributed by atoms with van der Waals surface area (Å²) in [7, 11) is 0. The van der Waals surface area contributed by atoms with Crippen molar-refractivity contribution in [3.8, 4) is 5.69 Å². The Balaban J connectivity index is 1.62. The minimum atomic E-state index is -0.411. The highest BCUT2D eigenvalue weighted by Gasteiger charge is 2.27. The third kappa shape index (κ3) is 3.99. The fourth-order valence-electron chi connectivity index (χ4n) is 3.23. The number of thiazole rings is 1. The van der Waals surface area contributed by atoms with E-state index in [0.29, 0.717) is 31.2 Å². The van der Waals surface area contributed by atoms with Gasteiger partial charge in [0.15, 0.2) is 6.29 Å². The van der Waals surface area contributed by atoms with Crippen LogP contribution in [0.2, 0.25) is 0 Å². The quantitative estimate of drug-likeness (QED) is 0.639. The van der Waals surface area contributed by atoms with Crippen molar-refractivity contribution in [1.82, 2.24) is 19.7 Å². The summed E-state index contributed by atoms with van der Waals surface area (Å²) in [5.41, 5.74) is 2.62. The van der Waals surface area contributed by atoms with Crippen molar-refractivity contribution in [2.45, 2.75) is 26.7 Å². The lowest BCUT2D eigenvalue weighted by molar-refractivity contribution is -0.0586. The molecular weight excluding hydrogens is 376 g/mol. The molecule has 0 N–H and O–H groups in total. The zero-order valence-corrected chi connectivity index (χ0v) is 16.7. The first kappa shape index (κ1) is 18.8. The van der Waals surface area contributed by atoms with E-state index < -0.39 is 6.29 Å². The van der Waals surface area contributed by atoms with Gasteiger partial charge < -0.3 is 14.4 Å². The molecule has 1 saturated heterocycles. The van der Waals surface area contributed by atoms with E-state index in [9.17, 15) is 4.79 Å². The van der Waals surface area contributed by atoms with Crippen LogP contribution in [0.15, 0.2) is 42.6 Å². The first-order chi connectivity index (χ1) is 13.6. The first-order valence-electron chi connectivity index (χ1n) is 9.16. The molecule has 0 saturated carbocycles. The maximum Gasteiger partial charge on any atom is 0.266 e.